The summed E-state index contributed by atoms with van der Waals surface area (Å²) < 4.78 is 0. The Balaban J connectivity index is 2.46. The number of pyridine rings is 1. The van der Waals surface area contributed by atoms with Gasteiger partial charge in [-0.05, 0) is 25.5 Å². The molecule has 1 amide bonds. The van der Waals surface area contributed by atoms with Gasteiger partial charge >= 0.3 is 5.97 Å². The molecule has 5 nitrogen and oxygen atoms in total. The number of aliphatic carboxylic acids is 1. The maximum absolute atomic E-state index is 11.7. The van der Waals surface area contributed by atoms with Crippen molar-refractivity contribution in [3.8, 4) is 0 Å². The zero-order valence-corrected chi connectivity index (χ0v) is 9.59. The molecule has 5 heteroatoms. The standard InChI is InChI=1S/C12H14N2O3/c1-12(11(16)17,9-5-2-3-7-13-9)14-8-4-6-10(14)15/h2-3,5,7H,4,6,8H2,1H3,(H,16,17). The van der Waals surface area contributed by atoms with Gasteiger partial charge in [0.2, 0.25) is 5.91 Å². The highest BCUT2D eigenvalue weighted by molar-refractivity contribution is 5.88. The van der Waals surface area contributed by atoms with Gasteiger partial charge in [-0.15, -0.1) is 0 Å². The molecule has 1 N–H and O–H groups in total. The predicted molar refractivity (Wildman–Crippen MR) is 60.2 cm³/mol. The summed E-state index contributed by atoms with van der Waals surface area (Å²) in [6.45, 7) is 2.00. The average molecular weight is 234 g/mol. The first-order valence-electron chi connectivity index (χ1n) is 5.52. The predicted octanol–water partition coefficient (Wildman–Crippen LogP) is 1.00. The number of carbonyl (C=O) groups is 2. The van der Waals surface area contributed by atoms with Crippen LogP contribution in [0.3, 0.4) is 0 Å². The Labute approximate surface area is 99.1 Å². The fourth-order valence-corrected chi connectivity index (χ4v) is 2.14. The van der Waals surface area contributed by atoms with Gasteiger partial charge in [-0.3, -0.25) is 9.78 Å². The van der Waals surface area contributed by atoms with E-state index in [9.17, 15) is 14.7 Å². The second-order valence-electron chi connectivity index (χ2n) is 4.24. The Morgan fingerprint density at radius 2 is 2.29 bits per heavy atom. The SMILES string of the molecule is CC(C(=O)O)(c1ccccn1)N1CCCC1=O. The summed E-state index contributed by atoms with van der Waals surface area (Å²) in [5.74, 6) is -1.17. The van der Waals surface area contributed by atoms with Crippen molar-refractivity contribution < 1.29 is 14.7 Å². The van der Waals surface area contributed by atoms with Gasteiger partial charge in [0, 0.05) is 19.2 Å². The first kappa shape index (κ1) is 11.6. The molecule has 1 aliphatic rings. The van der Waals surface area contributed by atoms with Gasteiger partial charge in [0.1, 0.15) is 0 Å². The van der Waals surface area contributed by atoms with Crippen molar-refractivity contribution in [1.29, 1.82) is 0 Å². The van der Waals surface area contributed by atoms with Crippen LogP contribution in [0.15, 0.2) is 24.4 Å². The number of amides is 1. The fourth-order valence-electron chi connectivity index (χ4n) is 2.14. The maximum atomic E-state index is 11.7. The van der Waals surface area contributed by atoms with Crippen LogP contribution in [-0.2, 0) is 15.1 Å². The van der Waals surface area contributed by atoms with Crippen molar-refractivity contribution in [1.82, 2.24) is 9.88 Å². The lowest BCUT2D eigenvalue weighted by atomic mass is 9.95. The third-order valence-electron chi connectivity index (χ3n) is 3.19. The maximum Gasteiger partial charge on any atom is 0.335 e. The Bertz CT molecular complexity index is 446. The average Bonchev–Trinajstić information content (AvgIpc) is 2.76. The topological polar surface area (TPSA) is 70.5 Å². The minimum atomic E-state index is -1.37. The molecule has 1 aromatic rings. The van der Waals surface area contributed by atoms with Gasteiger partial charge in [0.25, 0.3) is 0 Å². The van der Waals surface area contributed by atoms with E-state index in [1.165, 1.54) is 18.0 Å². The summed E-state index contributed by atoms with van der Waals surface area (Å²) in [6, 6.07) is 5.08. The number of hydrogen-bond donors (Lipinski definition) is 1. The number of likely N-dealkylation sites (tertiary alicyclic amines) is 1. The first-order chi connectivity index (χ1) is 8.06. The fraction of sp³-hybridized carbons (Fsp3) is 0.417. The van der Waals surface area contributed by atoms with Crippen LogP contribution in [0.2, 0.25) is 0 Å². The first-order valence-corrected chi connectivity index (χ1v) is 5.52. The van der Waals surface area contributed by atoms with Crippen LogP contribution in [0.4, 0.5) is 0 Å². The van der Waals surface area contributed by atoms with Crippen LogP contribution < -0.4 is 0 Å². The summed E-state index contributed by atoms with van der Waals surface area (Å²) >= 11 is 0. The lowest BCUT2D eigenvalue weighted by Gasteiger charge is -2.34. The molecule has 1 unspecified atom stereocenters. The van der Waals surface area contributed by atoms with Crippen LogP contribution in [0.5, 0.6) is 0 Å². The van der Waals surface area contributed by atoms with Crippen LogP contribution in [0.25, 0.3) is 0 Å². The lowest BCUT2D eigenvalue weighted by molar-refractivity contribution is -0.157. The zero-order chi connectivity index (χ0) is 12.5. The molecular formula is C12H14N2O3. The molecular weight excluding hydrogens is 220 g/mol. The van der Waals surface area contributed by atoms with Crippen LogP contribution in [0, 0.1) is 0 Å². The molecule has 0 bridgehead atoms. The third kappa shape index (κ3) is 1.77. The molecule has 0 spiro atoms. The molecule has 2 heterocycles. The molecule has 0 aromatic carbocycles. The quantitative estimate of drug-likeness (QED) is 0.847. The summed E-state index contributed by atoms with van der Waals surface area (Å²) in [4.78, 5) is 28.7. The monoisotopic (exact) mass is 234 g/mol. The minimum Gasteiger partial charge on any atom is -0.479 e. The van der Waals surface area contributed by atoms with Crippen molar-refractivity contribution in [2.45, 2.75) is 25.3 Å². The van der Waals surface area contributed by atoms with Crippen LogP contribution >= 0.6 is 0 Å². The number of carboxylic acids is 1. The van der Waals surface area contributed by atoms with Crippen LogP contribution in [-0.4, -0.2) is 33.4 Å². The lowest BCUT2D eigenvalue weighted by Crippen LogP contribution is -2.50. The molecule has 1 aromatic heterocycles. The molecule has 1 fully saturated rings. The smallest absolute Gasteiger partial charge is 0.335 e. The van der Waals surface area contributed by atoms with Gasteiger partial charge in [0.15, 0.2) is 5.54 Å². The van der Waals surface area contributed by atoms with Crippen molar-refractivity contribution in [3.63, 3.8) is 0 Å². The molecule has 1 saturated heterocycles. The molecule has 17 heavy (non-hydrogen) atoms. The highest BCUT2D eigenvalue weighted by Gasteiger charge is 2.46. The molecule has 2 rings (SSSR count). The Kier molecular flexibility index (Phi) is 2.83. The van der Waals surface area contributed by atoms with Gasteiger partial charge < -0.3 is 10.0 Å². The zero-order valence-electron chi connectivity index (χ0n) is 9.59. The number of hydrogen-bond acceptors (Lipinski definition) is 3. The second-order valence-corrected chi connectivity index (χ2v) is 4.24. The summed E-state index contributed by atoms with van der Waals surface area (Å²) in [5.41, 5.74) is -0.975. The molecule has 90 valence electrons. The van der Waals surface area contributed by atoms with E-state index in [4.69, 9.17) is 0 Å². The second kappa shape index (κ2) is 4.16. The van der Waals surface area contributed by atoms with E-state index < -0.39 is 11.5 Å². The largest absolute Gasteiger partial charge is 0.479 e. The van der Waals surface area contributed by atoms with Crippen molar-refractivity contribution in [3.05, 3.63) is 30.1 Å². The number of nitrogens with zero attached hydrogens (tertiary/aromatic N) is 2. The van der Waals surface area contributed by atoms with E-state index in [0.717, 1.165) is 0 Å². The van der Waals surface area contributed by atoms with Gasteiger partial charge in [-0.1, -0.05) is 6.07 Å². The minimum absolute atomic E-state index is 0.124. The number of rotatable bonds is 3. The highest BCUT2D eigenvalue weighted by atomic mass is 16.4. The normalized spacial score (nSPS) is 19.1. The van der Waals surface area contributed by atoms with Gasteiger partial charge in [0.05, 0.1) is 5.69 Å². The third-order valence-corrected chi connectivity index (χ3v) is 3.19. The molecule has 0 radical (unpaired) electrons. The van der Waals surface area contributed by atoms with Gasteiger partial charge in [-0.2, -0.15) is 0 Å². The van der Waals surface area contributed by atoms with Crippen molar-refractivity contribution in [2.24, 2.45) is 0 Å². The van der Waals surface area contributed by atoms with E-state index in [1.807, 2.05) is 0 Å². The Hall–Kier alpha value is -1.91. The Morgan fingerprint density at radius 1 is 1.53 bits per heavy atom. The molecule has 0 aliphatic carbocycles. The van der Waals surface area contributed by atoms with Crippen molar-refractivity contribution >= 4 is 11.9 Å². The van der Waals surface area contributed by atoms with Crippen molar-refractivity contribution in [2.75, 3.05) is 6.54 Å². The number of carbonyl (C=O) groups excluding carboxylic acids is 1. The van der Waals surface area contributed by atoms with E-state index in [1.54, 1.807) is 18.2 Å². The summed E-state index contributed by atoms with van der Waals surface area (Å²) in [6.07, 6.45) is 2.65. The molecule has 1 atom stereocenters. The molecule has 1 aliphatic heterocycles. The van der Waals surface area contributed by atoms with E-state index >= 15 is 0 Å². The van der Waals surface area contributed by atoms with E-state index in [0.29, 0.717) is 25.1 Å². The summed E-state index contributed by atoms with van der Waals surface area (Å²) in [7, 11) is 0. The van der Waals surface area contributed by atoms with Gasteiger partial charge in [-0.25, -0.2) is 4.79 Å². The van der Waals surface area contributed by atoms with Crippen LogP contribution in [0.1, 0.15) is 25.5 Å². The highest BCUT2D eigenvalue weighted by Crippen LogP contribution is 2.31. The van der Waals surface area contributed by atoms with E-state index in [-0.39, 0.29) is 5.91 Å². The summed E-state index contributed by atoms with van der Waals surface area (Å²) in [5, 5.41) is 9.43. The molecule has 0 saturated carbocycles. The van der Waals surface area contributed by atoms with E-state index in [2.05, 4.69) is 4.98 Å². The number of carboxylic acid groups (broad SMARTS) is 1. The Morgan fingerprint density at radius 3 is 2.76 bits per heavy atom. The number of aromatic nitrogens is 1.